The van der Waals surface area contributed by atoms with Crippen molar-refractivity contribution in [1.29, 1.82) is 0 Å². The Balaban J connectivity index is 2.10. The first-order chi connectivity index (χ1) is 12.2. The lowest BCUT2D eigenvalue weighted by Gasteiger charge is -2.16. The highest BCUT2D eigenvalue weighted by molar-refractivity contribution is 7.91. The van der Waals surface area contributed by atoms with E-state index in [4.69, 9.17) is 5.73 Å². The van der Waals surface area contributed by atoms with Crippen LogP contribution in [-0.2, 0) is 14.6 Å². The van der Waals surface area contributed by atoms with Crippen molar-refractivity contribution in [2.45, 2.75) is 17.4 Å². The van der Waals surface area contributed by atoms with E-state index in [9.17, 15) is 26.8 Å². The van der Waals surface area contributed by atoms with Crippen LogP contribution in [0.15, 0.2) is 53.4 Å². The number of hydrogen-bond acceptors (Lipinski definition) is 4. The van der Waals surface area contributed by atoms with Crippen LogP contribution in [0.4, 0.5) is 8.78 Å². The first kappa shape index (κ1) is 19.5. The zero-order valence-corrected chi connectivity index (χ0v) is 14.3. The highest BCUT2D eigenvalue weighted by atomic mass is 32.2. The summed E-state index contributed by atoms with van der Waals surface area (Å²) >= 11 is 0. The summed E-state index contributed by atoms with van der Waals surface area (Å²) < 4.78 is 51.0. The summed E-state index contributed by atoms with van der Waals surface area (Å²) in [6.07, 6.45) is -0.291. The average Bonchev–Trinajstić information content (AvgIpc) is 2.59. The zero-order chi connectivity index (χ0) is 19.3. The van der Waals surface area contributed by atoms with Gasteiger partial charge in [0.15, 0.2) is 9.84 Å². The van der Waals surface area contributed by atoms with Crippen LogP contribution < -0.4 is 11.1 Å². The Kier molecular flexibility index (Phi) is 6.04. The first-order valence-electron chi connectivity index (χ1n) is 7.54. The van der Waals surface area contributed by atoms with Crippen LogP contribution in [0.3, 0.4) is 0 Å². The number of nitrogens with one attached hydrogen (secondary N) is 1. The highest BCUT2D eigenvalue weighted by Crippen LogP contribution is 2.13. The van der Waals surface area contributed by atoms with Gasteiger partial charge < -0.3 is 11.1 Å². The molecular weight excluding hydrogens is 366 g/mol. The fraction of sp³-hybridized carbons (Fsp3) is 0.176. The number of rotatable bonds is 7. The largest absolute Gasteiger partial charge is 0.368 e. The molecule has 1 atom stereocenters. The lowest BCUT2D eigenvalue weighted by atomic mass is 10.1. The van der Waals surface area contributed by atoms with Crippen LogP contribution in [0.5, 0.6) is 0 Å². The number of benzene rings is 2. The number of amides is 2. The van der Waals surface area contributed by atoms with Crippen molar-refractivity contribution < 1.29 is 26.8 Å². The molecule has 0 spiro atoms. The van der Waals surface area contributed by atoms with Crippen molar-refractivity contribution in [3.63, 3.8) is 0 Å². The molecule has 0 fully saturated rings. The average molecular weight is 382 g/mol. The third kappa shape index (κ3) is 4.85. The first-order valence-corrected chi connectivity index (χ1v) is 9.19. The minimum absolute atomic E-state index is 0.0686. The molecule has 0 aromatic heterocycles. The molecule has 6 nitrogen and oxygen atoms in total. The quantitative estimate of drug-likeness (QED) is 0.755. The number of hydrogen-bond donors (Lipinski definition) is 2. The Morgan fingerprint density at radius 2 is 1.73 bits per heavy atom. The lowest BCUT2D eigenvalue weighted by Crippen LogP contribution is -2.45. The van der Waals surface area contributed by atoms with Gasteiger partial charge in [-0.15, -0.1) is 0 Å². The Bertz CT molecular complexity index is 918. The summed E-state index contributed by atoms with van der Waals surface area (Å²) in [5.74, 6) is -4.38. The molecule has 2 aromatic carbocycles. The molecule has 9 heteroatoms. The molecular formula is C17H16F2N2O4S. The normalized spacial score (nSPS) is 12.4. The van der Waals surface area contributed by atoms with Crippen LogP contribution in [0.1, 0.15) is 16.8 Å². The van der Waals surface area contributed by atoms with Gasteiger partial charge >= 0.3 is 0 Å². The third-order valence-corrected chi connectivity index (χ3v) is 5.37. The summed E-state index contributed by atoms with van der Waals surface area (Å²) in [5, 5.41) is 2.18. The maximum Gasteiger partial charge on any atom is 0.254 e. The molecule has 0 heterocycles. The highest BCUT2D eigenvalue weighted by Gasteiger charge is 2.24. The fourth-order valence-corrected chi connectivity index (χ4v) is 3.57. The number of carbonyl (C=O) groups excluding carboxylic acids is 2. The second-order valence-electron chi connectivity index (χ2n) is 5.47. The second kappa shape index (κ2) is 8.05. The summed E-state index contributed by atoms with van der Waals surface area (Å²) in [6.45, 7) is 0. The summed E-state index contributed by atoms with van der Waals surface area (Å²) in [6, 6.07) is 8.56. The maximum atomic E-state index is 13.6. The van der Waals surface area contributed by atoms with Gasteiger partial charge in [-0.05, 0) is 30.7 Å². The van der Waals surface area contributed by atoms with Gasteiger partial charge in [-0.2, -0.15) is 0 Å². The Labute approximate surface area is 148 Å². The predicted molar refractivity (Wildman–Crippen MR) is 89.9 cm³/mol. The molecule has 0 unspecified atom stereocenters. The molecule has 3 N–H and O–H groups in total. The van der Waals surface area contributed by atoms with Crippen LogP contribution >= 0.6 is 0 Å². The van der Waals surface area contributed by atoms with Crippen molar-refractivity contribution in [2.75, 3.05) is 5.75 Å². The van der Waals surface area contributed by atoms with Crippen LogP contribution in [0.2, 0.25) is 0 Å². The second-order valence-corrected chi connectivity index (χ2v) is 7.58. The van der Waals surface area contributed by atoms with Gasteiger partial charge in [0.1, 0.15) is 17.7 Å². The smallest absolute Gasteiger partial charge is 0.254 e. The minimum Gasteiger partial charge on any atom is -0.368 e. The number of primary amides is 1. The van der Waals surface area contributed by atoms with Gasteiger partial charge in [0.05, 0.1) is 16.2 Å². The Morgan fingerprint density at radius 1 is 1.08 bits per heavy atom. The number of carbonyl (C=O) groups is 2. The monoisotopic (exact) mass is 382 g/mol. The molecule has 0 aliphatic rings. The standard InChI is InChI=1S/C17H16F2N2O4S/c18-11-6-7-13(14(19)10-11)17(23)21-15(16(20)22)8-9-26(24,25)12-4-2-1-3-5-12/h1-7,10,15H,8-9H2,(H2,20,22)(H,21,23)/t15-/m0/s1. The lowest BCUT2D eigenvalue weighted by molar-refractivity contribution is -0.119. The molecule has 138 valence electrons. The molecule has 2 aromatic rings. The van der Waals surface area contributed by atoms with Crippen LogP contribution in [-0.4, -0.2) is 32.0 Å². The molecule has 0 saturated heterocycles. The molecule has 26 heavy (non-hydrogen) atoms. The van der Waals surface area contributed by atoms with E-state index >= 15 is 0 Å². The van der Waals surface area contributed by atoms with Crippen molar-refractivity contribution in [3.05, 3.63) is 65.7 Å². The molecule has 2 rings (SSSR count). The Hall–Kier alpha value is -2.81. The number of nitrogens with two attached hydrogens (primary N) is 1. The SMILES string of the molecule is NC(=O)[C@H](CCS(=O)(=O)c1ccccc1)NC(=O)c1ccc(F)cc1F. The Morgan fingerprint density at radius 3 is 2.31 bits per heavy atom. The van der Waals surface area contributed by atoms with Gasteiger partial charge in [0.25, 0.3) is 5.91 Å². The summed E-state index contributed by atoms with van der Waals surface area (Å²) in [7, 11) is -3.69. The van der Waals surface area contributed by atoms with Crippen molar-refractivity contribution in [2.24, 2.45) is 5.73 Å². The third-order valence-electron chi connectivity index (χ3n) is 3.60. The minimum atomic E-state index is -3.69. The van der Waals surface area contributed by atoms with Crippen molar-refractivity contribution in [1.82, 2.24) is 5.32 Å². The summed E-state index contributed by atoms with van der Waals surface area (Å²) in [5.41, 5.74) is 4.71. The molecule has 0 aliphatic carbocycles. The number of sulfone groups is 1. The van der Waals surface area contributed by atoms with Crippen molar-refractivity contribution >= 4 is 21.7 Å². The molecule has 0 bridgehead atoms. The van der Waals surface area contributed by atoms with E-state index in [0.717, 1.165) is 12.1 Å². The maximum absolute atomic E-state index is 13.6. The van der Waals surface area contributed by atoms with Gasteiger partial charge in [-0.25, -0.2) is 17.2 Å². The predicted octanol–water partition coefficient (Wildman–Crippen LogP) is 1.41. The van der Waals surface area contributed by atoms with Gasteiger partial charge in [-0.3, -0.25) is 9.59 Å². The van der Waals surface area contributed by atoms with E-state index in [1.807, 2.05) is 0 Å². The van der Waals surface area contributed by atoms with E-state index in [0.29, 0.717) is 6.07 Å². The van der Waals surface area contributed by atoms with Gasteiger partial charge in [-0.1, -0.05) is 18.2 Å². The van der Waals surface area contributed by atoms with Gasteiger partial charge in [0.2, 0.25) is 5.91 Å². The van der Waals surface area contributed by atoms with E-state index in [1.54, 1.807) is 18.2 Å². The van der Waals surface area contributed by atoms with E-state index in [2.05, 4.69) is 5.32 Å². The van der Waals surface area contributed by atoms with Gasteiger partial charge in [0, 0.05) is 6.07 Å². The van der Waals surface area contributed by atoms with E-state index < -0.39 is 50.6 Å². The van der Waals surface area contributed by atoms with Crippen LogP contribution in [0, 0.1) is 11.6 Å². The molecule has 0 radical (unpaired) electrons. The molecule has 0 aliphatic heterocycles. The topological polar surface area (TPSA) is 106 Å². The summed E-state index contributed by atoms with van der Waals surface area (Å²) in [4.78, 5) is 23.6. The molecule has 2 amide bonds. The zero-order valence-electron chi connectivity index (χ0n) is 13.5. The molecule has 0 saturated carbocycles. The fourth-order valence-electron chi connectivity index (χ4n) is 2.21. The van der Waals surface area contributed by atoms with Crippen LogP contribution in [0.25, 0.3) is 0 Å². The van der Waals surface area contributed by atoms with E-state index in [1.165, 1.54) is 12.1 Å². The van der Waals surface area contributed by atoms with Crippen molar-refractivity contribution in [3.8, 4) is 0 Å². The van der Waals surface area contributed by atoms with E-state index in [-0.39, 0.29) is 11.3 Å². The number of halogens is 2.